The highest BCUT2D eigenvalue weighted by atomic mass is 79.9. The Morgan fingerprint density at radius 1 is 1.38 bits per heavy atom. The van der Waals surface area contributed by atoms with E-state index in [2.05, 4.69) is 26.2 Å². The molecule has 0 saturated heterocycles. The van der Waals surface area contributed by atoms with Gasteiger partial charge in [-0.3, -0.25) is 0 Å². The molecule has 0 saturated carbocycles. The molecule has 114 valence electrons. The van der Waals surface area contributed by atoms with E-state index in [9.17, 15) is 13.2 Å². The molecule has 1 heterocycles. The normalized spacial score (nSPS) is 13.4. The van der Waals surface area contributed by atoms with Crippen molar-refractivity contribution in [1.29, 1.82) is 0 Å². The Bertz CT molecular complexity index is 624. The van der Waals surface area contributed by atoms with Gasteiger partial charge in [0.25, 0.3) is 0 Å². The molecule has 1 aromatic heterocycles. The number of hydrogen-bond donors (Lipinski definition) is 1. The highest BCUT2D eigenvalue weighted by Crippen LogP contribution is 2.36. The van der Waals surface area contributed by atoms with Crippen molar-refractivity contribution in [3.8, 4) is 0 Å². The summed E-state index contributed by atoms with van der Waals surface area (Å²) in [6.45, 7) is 2.59. The Hall–Kier alpha value is -1.41. The summed E-state index contributed by atoms with van der Waals surface area (Å²) < 4.78 is 40.4. The third-order valence-electron chi connectivity index (χ3n) is 3.06. The number of benzene rings is 1. The molecule has 2 N–H and O–H groups in total. The number of alkyl halides is 3. The van der Waals surface area contributed by atoms with Crippen molar-refractivity contribution in [1.82, 2.24) is 15.0 Å². The van der Waals surface area contributed by atoms with Crippen LogP contribution >= 0.6 is 15.9 Å². The first-order chi connectivity index (χ1) is 9.84. The number of nitrogens with zero attached hydrogens (tertiary/aromatic N) is 3. The smallest absolute Gasteiger partial charge is 0.319 e. The van der Waals surface area contributed by atoms with Crippen LogP contribution < -0.4 is 5.73 Å². The molecule has 4 nitrogen and oxygen atoms in total. The van der Waals surface area contributed by atoms with Crippen molar-refractivity contribution in [2.24, 2.45) is 5.73 Å². The van der Waals surface area contributed by atoms with Crippen LogP contribution in [0.4, 0.5) is 13.2 Å². The molecule has 0 aliphatic carbocycles. The lowest BCUT2D eigenvalue weighted by molar-refractivity contribution is -0.138. The van der Waals surface area contributed by atoms with E-state index in [-0.39, 0.29) is 4.47 Å². The molecular weight excluding hydrogens is 349 g/mol. The van der Waals surface area contributed by atoms with E-state index in [0.717, 1.165) is 12.5 Å². The fourth-order valence-electron chi connectivity index (χ4n) is 2.02. The van der Waals surface area contributed by atoms with Gasteiger partial charge in [-0.05, 0) is 24.1 Å². The minimum Gasteiger partial charge on any atom is -0.319 e. The number of nitrogens with two attached hydrogens (primary N) is 1. The third kappa shape index (κ3) is 3.44. The molecule has 2 rings (SSSR count). The Kier molecular flexibility index (Phi) is 4.67. The topological polar surface area (TPSA) is 56.7 Å². The number of aryl methyl sites for hydroxylation is 1. The van der Waals surface area contributed by atoms with Crippen LogP contribution in [0, 0.1) is 0 Å². The van der Waals surface area contributed by atoms with Crippen molar-refractivity contribution in [2.45, 2.75) is 32.1 Å². The minimum absolute atomic E-state index is 0.00820. The Morgan fingerprint density at radius 3 is 2.71 bits per heavy atom. The van der Waals surface area contributed by atoms with E-state index in [1.165, 1.54) is 12.3 Å². The zero-order chi connectivity index (χ0) is 15.6. The van der Waals surface area contributed by atoms with Crippen molar-refractivity contribution < 1.29 is 13.2 Å². The van der Waals surface area contributed by atoms with Crippen LogP contribution in [0.15, 0.2) is 28.9 Å². The van der Waals surface area contributed by atoms with Gasteiger partial charge in [-0.1, -0.05) is 34.1 Å². The minimum atomic E-state index is -4.43. The summed E-state index contributed by atoms with van der Waals surface area (Å²) in [6.07, 6.45) is -2.12. The molecule has 2 aromatic rings. The zero-order valence-electron chi connectivity index (χ0n) is 11.2. The molecular formula is C13H14BrF3N4. The average Bonchev–Trinajstić information content (AvgIpc) is 2.86. The molecule has 0 spiro atoms. The van der Waals surface area contributed by atoms with Crippen LogP contribution in [0.2, 0.25) is 0 Å². The monoisotopic (exact) mass is 362 g/mol. The van der Waals surface area contributed by atoms with Gasteiger partial charge in [0.1, 0.15) is 0 Å². The zero-order valence-corrected chi connectivity index (χ0v) is 12.8. The van der Waals surface area contributed by atoms with E-state index in [4.69, 9.17) is 5.73 Å². The molecule has 0 bridgehead atoms. The SMILES string of the molecule is CCCn1nncc1C(N)c1ccc(Br)c(C(F)(F)F)c1. The largest absolute Gasteiger partial charge is 0.417 e. The van der Waals surface area contributed by atoms with Crippen molar-refractivity contribution in [3.05, 3.63) is 45.7 Å². The average molecular weight is 363 g/mol. The molecule has 0 amide bonds. The van der Waals surface area contributed by atoms with Crippen LogP contribution in [-0.2, 0) is 12.7 Å². The molecule has 0 aliphatic rings. The Labute approximate surface area is 128 Å². The summed E-state index contributed by atoms with van der Waals surface area (Å²) in [7, 11) is 0. The predicted molar refractivity (Wildman–Crippen MR) is 75.5 cm³/mol. The standard InChI is InChI=1S/C13H14BrF3N4/c1-2-5-21-11(7-19-20-21)12(18)8-3-4-10(14)9(6-8)13(15,16)17/h3-4,6-7,12H,2,5,18H2,1H3. The maximum atomic E-state index is 12.9. The lowest BCUT2D eigenvalue weighted by atomic mass is 10.0. The number of halogens is 4. The first-order valence-corrected chi connectivity index (χ1v) is 7.14. The highest BCUT2D eigenvalue weighted by molar-refractivity contribution is 9.10. The first kappa shape index (κ1) is 16.0. The van der Waals surface area contributed by atoms with E-state index in [0.29, 0.717) is 17.8 Å². The second-order valence-electron chi connectivity index (χ2n) is 4.60. The molecule has 1 unspecified atom stereocenters. The number of aromatic nitrogens is 3. The lowest BCUT2D eigenvalue weighted by Gasteiger charge is -2.16. The van der Waals surface area contributed by atoms with Gasteiger partial charge in [0, 0.05) is 11.0 Å². The predicted octanol–water partition coefficient (Wildman–Crippen LogP) is 3.52. The van der Waals surface area contributed by atoms with Crippen LogP contribution in [0.25, 0.3) is 0 Å². The quantitative estimate of drug-likeness (QED) is 0.905. The van der Waals surface area contributed by atoms with E-state index in [1.807, 2.05) is 6.92 Å². The molecule has 21 heavy (non-hydrogen) atoms. The van der Waals surface area contributed by atoms with E-state index in [1.54, 1.807) is 10.7 Å². The summed E-state index contributed by atoms with van der Waals surface area (Å²) in [5.41, 5.74) is 6.28. The first-order valence-electron chi connectivity index (χ1n) is 6.35. The van der Waals surface area contributed by atoms with Gasteiger partial charge in [-0.25, -0.2) is 4.68 Å². The van der Waals surface area contributed by atoms with Crippen LogP contribution in [0.5, 0.6) is 0 Å². The van der Waals surface area contributed by atoms with Crippen LogP contribution in [-0.4, -0.2) is 15.0 Å². The van der Waals surface area contributed by atoms with Crippen molar-refractivity contribution >= 4 is 15.9 Å². The molecule has 0 aliphatic heterocycles. The molecule has 0 radical (unpaired) electrons. The van der Waals surface area contributed by atoms with Gasteiger partial charge in [0.05, 0.1) is 23.5 Å². The third-order valence-corrected chi connectivity index (χ3v) is 3.75. The van der Waals surface area contributed by atoms with Gasteiger partial charge in [0.2, 0.25) is 0 Å². The summed E-state index contributed by atoms with van der Waals surface area (Å²) in [6, 6.07) is 3.26. The van der Waals surface area contributed by atoms with Crippen molar-refractivity contribution in [2.75, 3.05) is 0 Å². The molecule has 1 atom stereocenters. The Balaban J connectivity index is 2.40. The van der Waals surface area contributed by atoms with E-state index < -0.39 is 17.8 Å². The maximum Gasteiger partial charge on any atom is 0.417 e. The second-order valence-corrected chi connectivity index (χ2v) is 5.45. The van der Waals surface area contributed by atoms with Crippen LogP contribution in [0.1, 0.15) is 36.2 Å². The maximum absolute atomic E-state index is 12.9. The van der Waals surface area contributed by atoms with Gasteiger partial charge in [-0.15, -0.1) is 5.10 Å². The highest BCUT2D eigenvalue weighted by Gasteiger charge is 2.33. The second kappa shape index (κ2) is 6.15. The summed E-state index contributed by atoms with van der Waals surface area (Å²) >= 11 is 2.91. The van der Waals surface area contributed by atoms with Crippen LogP contribution in [0.3, 0.4) is 0 Å². The van der Waals surface area contributed by atoms with Crippen molar-refractivity contribution in [3.63, 3.8) is 0 Å². The Morgan fingerprint density at radius 2 is 2.10 bits per heavy atom. The number of hydrogen-bond acceptors (Lipinski definition) is 3. The van der Waals surface area contributed by atoms with Gasteiger partial charge in [-0.2, -0.15) is 13.2 Å². The van der Waals surface area contributed by atoms with Gasteiger partial charge >= 0.3 is 6.18 Å². The summed E-state index contributed by atoms with van der Waals surface area (Å²) in [5, 5.41) is 7.67. The lowest BCUT2D eigenvalue weighted by Crippen LogP contribution is -2.18. The van der Waals surface area contributed by atoms with E-state index >= 15 is 0 Å². The number of rotatable bonds is 4. The van der Waals surface area contributed by atoms with Gasteiger partial charge < -0.3 is 5.73 Å². The summed E-state index contributed by atoms with van der Waals surface area (Å²) in [5.74, 6) is 0. The van der Waals surface area contributed by atoms with Gasteiger partial charge in [0.15, 0.2) is 0 Å². The molecule has 1 aromatic carbocycles. The summed E-state index contributed by atoms with van der Waals surface area (Å²) in [4.78, 5) is 0. The fraction of sp³-hybridized carbons (Fsp3) is 0.385. The molecule has 0 fully saturated rings. The molecule has 8 heteroatoms. The fourth-order valence-corrected chi connectivity index (χ4v) is 2.49.